The van der Waals surface area contributed by atoms with Crippen LogP contribution in [0.15, 0.2) is 18.3 Å². The van der Waals surface area contributed by atoms with Crippen LogP contribution >= 0.6 is 0 Å². The molecule has 1 aromatic rings. The van der Waals surface area contributed by atoms with E-state index in [1.807, 2.05) is 15.9 Å². The third-order valence-electron chi connectivity index (χ3n) is 7.51. The molecule has 0 radical (unpaired) electrons. The summed E-state index contributed by atoms with van der Waals surface area (Å²) >= 11 is 0. The third-order valence-corrected chi connectivity index (χ3v) is 7.51. The van der Waals surface area contributed by atoms with E-state index in [4.69, 9.17) is 0 Å². The number of halogens is 2. The highest BCUT2D eigenvalue weighted by Gasteiger charge is 2.53. The monoisotopic (exact) mass is 434 g/mol. The van der Waals surface area contributed by atoms with Crippen molar-refractivity contribution in [3.8, 4) is 5.88 Å². The topological polar surface area (TPSA) is 74.8 Å². The van der Waals surface area contributed by atoms with Crippen LogP contribution in [0.3, 0.4) is 0 Å². The van der Waals surface area contributed by atoms with Crippen molar-refractivity contribution in [2.45, 2.75) is 57.1 Å². The Hall–Kier alpha value is -2.45. The summed E-state index contributed by atoms with van der Waals surface area (Å²) in [4.78, 5) is 32.0. The van der Waals surface area contributed by atoms with Gasteiger partial charge in [-0.15, -0.1) is 0 Å². The highest BCUT2D eigenvalue weighted by Crippen LogP contribution is 2.47. The van der Waals surface area contributed by atoms with Crippen LogP contribution in [-0.4, -0.2) is 65.1 Å². The molecule has 7 nitrogen and oxygen atoms in total. The Balaban J connectivity index is 1.05. The van der Waals surface area contributed by atoms with Crippen molar-refractivity contribution in [1.82, 2.24) is 20.1 Å². The summed E-state index contributed by atoms with van der Waals surface area (Å²) in [6.07, 6.45) is 8.36. The predicted octanol–water partition coefficient (Wildman–Crippen LogP) is 2.80. The van der Waals surface area contributed by atoms with E-state index < -0.39 is 6.61 Å². The van der Waals surface area contributed by atoms with Crippen LogP contribution in [0, 0.1) is 11.3 Å². The maximum atomic E-state index is 12.7. The number of carbonyl (C=O) groups is 2. The molecule has 1 saturated carbocycles. The maximum Gasteiger partial charge on any atom is 0.388 e. The first-order valence-corrected chi connectivity index (χ1v) is 11.1. The zero-order chi connectivity index (χ0) is 21.6. The van der Waals surface area contributed by atoms with Crippen LogP contribution in [0.1, 0.15) is 44.1 Å². The van der Waals surface area contributed by atoms with Gasteiger partial charge in [0.1, 0.15) is 0 Å². The molecule has 0 atom stereocenters. The molecule has 1 N–H and O–H groups in total. The second kappa shape index (κ2) is 7.60. The van der Waals surface area contributed by atoms with Crippen molar-refractivity contribution >= 4 is 11.9 Å². The summed E-state index contributed by atoms with van der Waals surface area (Å²) < 4.78 is 28.8. The number of alkyl halides is 2. The Labute approximate surface area is 180 Å². The van der Waals surface area contributed by atoms with E-state index in [0.717, 1.165) is 57.2 Å². The van der Waals surface area contributed by atoms with Crippen molar-refractivity contribution in [3.63, 3.8) is 0 Å². The number of ether oxygens (including phenoxy) is 1. The number of amides is 3. The molecule has 1 aliphatic carbocycles. The Morgan fingerprint density at radius 3 is 2.45 bits per heavy atom. The lowest BCUT2D eigenvalue weighted by Crippen LogP contribution is -2.72. The number of aromatic nitrogens is 1. The quantitative estimate of drug-likeness (QED) is 0.791. The van der Waals surface area contributed by atoms with Gasteiger partial charge in [0.15, 0.2) is 0 Å². The van der Waals surface area contributed by atoms with E-state index >= 15 is 0 Å². The fraction of sp³-hybridized carbons (Fsp3) is 0.682. The van der Waals surface area contributed by atoms with E-state index in [0.29, 0.717) is 25.4 Å². The lowest BCUT2D eigenvalue weighted by molar-refractivity contribution is -0.120. The van der Waals surface area contributed by atoms with Gasteiger partial charge in [0.05, 0.1) is 5.54 Å². The smallest absolute Gasteiger partial charge is 0.388 e. The lowest BCUT2D eigenvalue weighted by Gasteiger charge is -2.57. The van der Waals surface area contributed by atoms with E-state index in [2.05, 4.69) is 15.0 Å². The van der Waals surface area contributed by atoms with Crippen LogP contribution in [-0.2, 0) is 11.2 Å². The molecule has 1 aromatic heterocycles. The molecule has 5 rings (SSSR count). The molecule has 4 heterocycles. The highest BCUT2D eigenvalue weighted by molar-refractivity contribution is 5.82. The number of urea groups is 1. The molecule has 3 saturated heterocycles. The Morgan fingerprint density at radius 1 is 1.16 bits per heavy atom. The fourth-order valence-electron chi connectivity index (χ4n) is 5.77. The average molecular weight is 434 g/mol. The second-order valence-electron chi connectivity index (χ2n) is 9.85. The summed E-state index contributed by atoms with van der Waals surface area (Å²) in [5, 5.41) is 3.02. The van der Waals surface area contributed by atoms with E-state index in [1.165, 1.54) is 6.07 Å². The van der Waals surface area contributed by atoms with Crippen LogP contribution < -0.4 is 10.1 Å². The van der Waals surface area contributed by atoms with Gasteiger partial charge in [0.25, 0.3) is 0 Å². The first kappa shape index (κ1) is 20.5. The molecular formula is C22H28F2N4O3. The maximum absolute atomic E-state index is 12.7. The number of nitrogens with zero attached hydrogens (tertiary/aromatic N) is 3. The van der Waals surface area contributed by atoms with Gasteiger partial charge in [-0.2, -0.15) is 8.78 Å². The van der Waals surface area contributed by atoms with Gasteiger partial charge in [-0.1, -0.05) is 6.07 Å². The normalized spacial score (nSPS) is 24.3. The number of carbonyl (C=O) groups excluding carboxylic acids is 2. The summed E-state index contributed by atoms with van der Waals surface area (Å²) in [6, 6.07) is 3.42. The molecule has 9 heteroatoms. The first-order chi connectivity index (χ1) is 14.8. The first-order valence-electron chi connectivity index (χ1n) is 11.1. The highest BCUT2D eigenvalue weighted by atomic mass is 19.3. The van der Waals surface area contributed by atoms with Gasteiger partial charge >= 0.3 is 12.6 Å². The van der Waals surface area contributed by atoms with Crippen molar-refractivity contribution in [2.24, 2.45) is 11.3 Å². The zero-order valence-electron chi connectivity index (χ0n) is 17.5. The molecule has 2 spiro atoms. The summed E-state index contributed by atoms with van der Waals surface area (Å²) in [5.41, 5.74) is 1.13. The minimum absolute atomic E-state index is 0.0518. The molecule has 4 aliphatic rings. The number of hydrogen-bond donors (Lipinski definition) is 1. The molecule has 3 aliphatic heterocycles. The van der Waals surface area contributed by atoms with Crippen molar-refractivity contribution < 1.29 is 23.1 Å². The van der Waals surface area contributed by atoms with Gasteiger partial charge in [-0.05, 0) is 50.0 Å². The lowest BCUT2D eigenvalue weighted by atomic mass is 9.65. The van der Waals surface area contributed by atoms with E-state index in [1.54, 1.807) is 6.20 Å². The van der Waals surface area contributed by atoms with Crippen molar-refractivity contribution in [3.05, 3.63) is 23.9 Å². The molecule has 0 aromatic carbocycles. The van der Waals surface area contributed by atoms with Crippen LogP contribution in [0.25, 0.3) is 0 Å². The Bertz CT molecular complexity index is 841. The zero-order valence-corrected chi connectivity index (χ0v) is 17.5. The largest absolute Gasteiger partial charge is 0.417 e. The Morgan fingerprint density at radius 2 is 1.87 bits per heavy atom. The van der Waals surface area contributed by atoms with Crippen LogP contribution in [0.5, 0.6) is 5.88 Å². The second-order valence-corrected chi connectivity index (χ2v) is 9.85. The average Bonchev–Trinajstić information content (AvgIpc) is 3.09. The van der Waals surface area contributed by atoms with Crippen LogP contribution in [0.4, 0.5) is 13.6 Å². The van der Waals surface area contributed by atoms with Crippen LogP contribution in [0.2, 0.25) is 0 Å². The SMILES string of the molecule is O=C1CCC2(CN(C(=O)N3CC4(CCC(Cc5ccc(OC(F)F)nc5)CC4)C3)C2)N1. The number of rotatable bonds is 4. The van der Waals surface area contributed by atoms with E-state index in [9.17, 15) is 18.4 Å². The molecule has 31 heavy (non-hydrogen) atoms. The van der Waals surface area contributed by atoms with Gasteiger partial charge in [0.2, 0.25) is 11.8 Å². The number of pyridine rings is 1. The molecule has 4 fully saturated rings. The summed E-state index contributed by atoms with van der Waals surface area (Å²) in [5.74, 6) is 0.601. The van der Waals surface area contributed by atoms with Crippen molar-refractivity contribution in [1.29, 1.82) is 0 Å². The minimum Gasteiger partial charge on any atom is -0.417 e. The van der Waals surface area contributed by atoms with Crippen molar-refractivity contribution in [2.75, 3.05) is 26.2 Å². The number of nitrogens with one attached hydrogen (secondary N) is 1. The third kappa shape index (κ3) is 4.06. The molecule has 168 valence electrons. The standard InChI is InChI=1S/C22H28F2N4O3/c23-19(24)31-18-2-1-16(10-25-18)9-15-3-6-21(7-4-15)11-27(12-21)20(30)28-13-22(14-28)8-5-17(29)26-22/h1-2,10,15,19H,3-9,11-14H2,(H,26,29). The summed E-state index contributed by atoms with van der Waals surface area (Å²) in [6.45, 7) is 0.0784. The fourth-order valence-corrected chi connectivity index (χ4v) is 5.77. The molecular weight excluding hydrogens is 406 g/mol. The molecule has 0 bridgehead atoms. The number of hydrogen-bond acceptors (Lipinski definition) is 4. The van der Waals surface area contributed by atoms with E-state index in [-0.39, 0.29) is 28.8 Å². The van der Waals surface area contributed by atoms with Gasteiger partial charge in [-0.25, -0.2) is 9.78 Å². The van der Waals surface area contributed by atoms with Gasteiger partial charge in [0, 0.05) is 50.3 Å². The number of likely N-dealkylation sites (tertiary alicyclic amines) is 2. The minimum atomic E-state index is -2.85. The van der Waals surface area contributed by atoms with Gasteiger partial charge < -0.3 is 19.9 Å². The summed E-state index contributed by atoms with van der Waals surface area (Å²) in [7, 11) is 0. The molecule has 3 amide bonds. The predicted molar refractivity (Wildman–Crippen MR) is 108 cm³/mol. The molecule has 0 unspecified atom stereocenters. The van der Waals surface area contributed by atoms with Gasteiger partial charge in [-0.3, -0.25) is 4.79 Å². The Kier molecular flexibility index (Phi) is 5.01.